The van der Waals surface area contributed by atoms with E-state index in [4.69, 9.17) is 16.7 Å². The molecule has 0 aliphatic carbocycles. The van der Waals surface area contributed by atoms with E-state index < -0.39 is 0 Å². The van der Waals surface area contributed by atoms with Gasteiger partial charge in [-0.1, -0.05) is 11.6 Å². The van der Waals surface area contributed by atoms with Gasteiger partial charge < -0.3 is 15.5 Å². The van der Waals surface area contributed by atoms with E-state index in [1.54, 1.807) is 25.1 Å². The van der Waals surface area contributed by atoms with E-state index >= 15 is 0 Å². The van der Waals surface area contributed by atoms with Crippen LogP contribution in [0.4, 0.5) is 0 Å². The first-order valence-electron chi connectivity index (χ1n) is 5.40. The number of halogens is 1. The Balaban J connectivity index is 2.58. The van der Waals surface area contributed by atoms with Gasteiger partial charge in [-0.2, -0.15) is 0 Å². The molecule has 2 unspecified atom stereocenters. The summed E-state index contributed by atoms with van der Waals surface area (Å²) in [6.45, 7) is 4.40. The van der Waals surface area contributed by atoms with Gasteiger partial charge in [0.1, 0.15) is 5.75 Å². The van der Waals surface area contributed by atoms with Crippen LogP contribution in [-0.2, 0) is 0 Å². The van der Waals surface area contributed by atoms with Crippen molar-refractivity contribution in [2.45, 2.75) is 32.4 Å². The highest BCUT2D eigenvalue weighted by Gasteiger charge is 2.10. The fraction of sp³-hybridized carbons (Fsp3) is 0.500. The molecule has 3 nitrogen and oxygen atoms in total. The van der Waals surface area contributed by atoms with Crippen molar-refractivity contribution in [1.82, 2.24) is 5.32 Å². The molecule has 0 spiro atoms. The van der Waals surface area contributed by atoms with Crippen molar-refractivity contribution in [3.05, 3.63) is 28.8 Å². The first-order chi connectivity index (χ1) is 7.50. The summed E-state index contributed by atoms with van der Waals surface area (Å²) >= 11 is 5.87. The number of hydrogen-bond donors (Lipinski definition) is 3. The number of aliphatic hydroxyl groups is 1. The minimum Gasteiger partial charge on any atom is -0.508 e. The Morgan fingerprint density at radius 3 is 2.69 bits per heavy atom. The lowest BCUT2D eigenvalue weighted by molar-refractivity contribution is 0.182. The Kier molecular flexibility index (Phi) is 5.06. The molecule has 0 heterocycles. The molecule has 0 saturated carbocycles. The summed E-state index contributed by atoms with van der Waals surface area (Å²) in [5.41, 5.74) is 0.776. The zero-order valence-corrected chi connectivity index (χ0v) is 10.3. The van der Waals surface area contributed by atoms with Crippen LogP contribution in [0.3, 0.4) is 0 Å². The van der Waals surface area contributed by atoms with Gasteiger partial charge in [-0.25, -0.2) is 0 Å². The fourth-order valence-corrected chi connectivity index (χ4v) is 1.67. The van der Waals surface area contributed by atoms with Gasteiger partial charge >= 0.3 is 0 Å². The maximum Gasteiger partial charge on any atom is 0.120 e. The van der Waals surface area contributed by atoms with Gasteiger partial charge in [0.15, 0.2) is 0 Å². The van der Waals surface area contributed by atoms with E-state index in [1.165, 1.54) is 0 Å². The molecule has 0 saturated heterocycles. The first-order valence-corrected chi connectivity index (χ1v) is 5.78. The van der Waals surface area contributed by atoms with E-state index in [0.29, 0.717) is 18.0 Å². The quantitative estimate of drug-likeness (QED) is 0.745. The molecule has 2 atom stereocenters. The predicted molar refractivity (Wildman–Crippen MR) is 65.8 cm³/mol. The SMILES string of the molecule is CC(O)CCNC(C)c1cc(Cl)ccc1O. The smallest absolute Gasteiger partial charge is 0.120 e. The zero-order valence-electron chi connectivity index (χ0n) is 9.57. The van der Waals surface area contributed by atoms with Crippen molar-refractivity contribution in [3.8, 4) is 5.75 Å². The Bertz CT molecular complexity index is 342. The maximum absolute atomic E-state index is 9.67. The Hall–Kier alpha value is -0.770. The molecule has 4 heteroatoms. The Morgan fingerprint density at radius 2 is 2.06 bits per heavy atom. The van der Waals surface area contributed by atoms with E-state index in [2.05, 4.69) is 5.32 Å². The van der Waals surface area contributed by atoms with Crippen LogP contribution in [0.1, 0.15) is 31.9 Å². The number of phenolic OH excluding ortho intramolecular Hbond substituents is 1. The van der Waals surface area contributed by atoms with Crippen LogP contribution in [0.25, 0.3) is 0 Å². The van der Waals surface area contributed by atoms with Crippen LogP contribution in [0.5, 0.6) is 5.75 Å². The third kappa shape index (κ3) is 4.00. The molecule has 0 aliphatic heterocycles. The number of rotatable bonds is 5. The van der Waals surface area contributed by atoms with Gasteiger partial charge in [-0.05, 0) is 45.0 Å². The zero-order chi connectivity index (χ0) is 12.1. The van der Waals surface area contributed by atoms with Crippen molar-refractivity contribution >= 4 is 11.6 Å². The molecule has 0 amide bonds. The summed E-state index contributed by atoms with van der Waals surface area (Å²) in [6.07, 6.45) is 0.374. The lowest BCUT2D eigenvalue weighted by Crippen LogP contribution is -2.22. The van der Waals surface area contributed by atoms with Crippen LogP contribution in [-0.4, -0.2) is 22.9 Å². The van der Waals surface area contributed by atoms with Crippen LogP contribution in [0.15, 0.2) is 18.2 Å². The summed E-state index contributed by atoms with van der Waals surface area (Å²) in [5, 5.41) is 22.6. The van der Waals surface area contributed by atoms with Crippen molar-refractivity contribution in [3.63, 3.8) is 0 Å². The van der Waals surface area contributed by atoms with Gasteiger partial charge in [-0.15, -0.1) is 0 Å². The van der Waals surface area contributed by atoms with Gasteiger partial charge in [0.2, 0.25) is 0 Å². The third-order valence-electron chi connectivity index (χ3n) is 2.47. The second kappa shape index (κ2) is 6.09. The largest absolute Gasteiger partial charge is 0.508 e. The van der Waals surface area contributed by atoms with Crippen molar-refractivity contribution < 1.29 is 10.2 Å². The molecule has 16 heavy (non-hydrogen) atoms. The first kappa shape index (κ1) is 13.3. The average molecular weight is 244 g/mol. The highest BCUT2D eigenvalue weighted by molar-refractivity contribution is 6.30. The fourth-order valence-electron chi connectivity index (χ4n) is 1.49. The third-order valence-corrected chi connectivity index (χ3v) is 2.70. The summed E-state index contributed by atoms with van der Waals surface area (Å²) < 4.78 is 0. The molecule has 90 valence electrons. The molecule has 0 bridgehead atoms. The molecule has 0 aromatic heterocycles. The number of phenols is 1. The summed E-state index contributed by atoms with van der Waals surface area (Å²) in [7, 11) is 0. The van der Waals surface area contributed by atoms with Crippen molar-refractivity contribution in [2.75, 3.05) is 6.54 Å². The molecule has 1 rings (SSSR count). The molecule has 1 aromatic carbocycles. The minimum absolute atomic E-state index is 0.0115. The van der Waals surface area contributed by atoms with E-state index in [-0.39, 0.29) is 17.9 Å². The number of benzene rings is 1. The molecule has 0 radical (unpaired) electrons. The topological polar surface area (TPSA) is 52.5 Å². The summed E-state index contributed by atoms with van der Waals surface area (Å²) in [5.74, 6) is 0.237. The number of aliphatic hydroxyl groups excluding tert-OH is 1. The van der Waals surface area contributed by atoms with Crippen LogP contribution < -0.4 is 5.32 Å². The highest BCUT2D eigenvalue weighted by atomic mass is 35.5. The minimum atomic E-state index is -0.312. The number of nitrogens with one attached hydrogen (secondary N) is 1. The monoisotopic (exact) mass is 243 g/mol. The number of aromatic hydroxyl groups is 1. The van der Waals surface area contributed by atoms with Crippen LogP contribution >= 0.6 is 11.6 Å². The molecule has 1 aromatic rings. The predicted octanol–water partition coefficient (Wildman–Crippen LogP) is 2.47. The van der Waals surface area contributed by atoms with Gasteiger partial charge in [0.25, 0.3) is 0 Å². The van der Waals surface area contributed by atoms with Crippen molar-refractivity contribution in [2.24, 2.45) is 0 Å². The summed E-state index contributed by atoms with van der Waals surface area (Å²) in [4.78, 5) is 0. The standard InChI is InChI=1S/C12H18ClNO2/c1-8(15)5-6-14-9(2)11-7-10(13)3-4-12(11)16/h3-4,7-9,14-16H,5-6H2,1-2H3. The van der Waals surface area contributed by atoms with Gasteiger partial charge in [0, 0.05) is 16.6 Å². The van der Waals surface area contributed by atoms with Crippen molar-refractivity contribution in [1.29, 1.82) is 0 Å². The lowest BCUT2D eigenvalue weighted by Gasteiger charge is -2.16. The molecule has 0 aliphatic rings. The lowest BCUT2D eigenvalue weighted by atomic mass is 10.1. The van der Waals surface area contributed by atoms with E-state index in [0.717, 1.165) is 5.56 Å². The van der Waals surface area contributed by atoms with Crippen LogP contribution in [0.2, 0.25) is 5.02 Å². The normalized spacial score (nSPS) is 14.8. The second-order valence-corrected chi connectivity index (χ2v) is 4.45. The molecule has 3 N–H and O–H groups in total. The van der Waals surface area contributed by atoms with E-state index in [9.17, 15) is 5.11 Å². The Labute approximate surface area is 101 Å². The molecular weight excluding hydrogens is 226 g/mol. The van der Waals surface area contributed by atoms with Gasteiger partial charge in [0.05, 0.1) is 6.10 Å². The second-order valence-electron chi connectivity index (χ2n) is 4.02. The summed E-state index contributed by atoms with van der Waals surface area (Å²) in [6, 6.07) is 5.00. The molecular formula is C12H18ClNO2. The Morgan fingerprint density at radius 1 is 1.38 bits per heavy atom. The van der Waals surface area contributed by atoms with E-state index in [1.807, 2.05) is 6.92 Å². The maximum atomic E-state index is 9.67. The number of hydrogen-bond acceptors (Lipinski definition) is 3. The molecule has 0 fully saturated rings. The van der Waals surface area contributed by atoms with Crippen LogP contribution in [0, 0.1) is 0 Å². The average Bonchev–Trinajstić information content (AvgIpc) is 2.21. The van der Waals surface area contributed by atoms with Gasteiger partial charge in [-0.3, -0.25) is 0 Å². The highest BCUT2D eigenvalue weighted by Crippen LogP contribution is 2.26.